The molecule has 1 aromatic heterocycles. The lowest BCUT2D eigenvalue weighted by molar-refractivity contribution is -0.346. The standard InChI is InChI=1S/C33H56N4O28S5/c1-17-6-7-24(61-66(38,39)40)23(12-17)34-22-13-26(62-67(41,42)43)31(56-18(22)2)59-25-14-27(63-68(44,45)46)32(57-19(25)3)60-28-20(4)58-33(30(65-70(50,51)52)29(28)64-69(47,48)49)55-16-21-15-37(36-35-21)8-9-54-11-10-53-5/h12,15,18-20,22-34H,6-11,13-14,16H2,1-5H3,(H,38,39,40)(H,41,42,43)(H,44,45,46)(H,47,48,49)(H,50,51,52)/t18-,19-,20?,22+,23+,24-,25+,26-,27-,28-,29+,30-,31-,32-,33-/m1/s1. The molecule has 0 aromatic carbocycles. The molecule has 406 valence electrons. The van der Waals surface area contributed by atoms with E-state index < -0.39 is 157 Å². The highest BCUT2D eigenvalue weighted by molar-refractivity contribution is 7.81. The average molecular weight is 1120 g/mol. The Labute approximate surface area is 403 Å². The van der Waals surface area contributed by atoms with Crippen LogP contribution in [0.3, 0.4) is 0 Å². The van der Waals surface area contributed by atoms with E-state index in [1.54, 1.807) is 13.0 Å². The third-order valence-corrected chi connectivity index (χ3v) is 13.2. The lowest BCUT2D eigenvalue weighted by Crippen LogP contribution is -2.63. The predicted octanol–water partition coefficient (Wildman–Crippen LogP) is -1.75. The number of allylic oxidation sites excluding steroid dienone is 1. The molecule has 0 bridgehead atoms. The Morgan fingerprint density at radius 1 is 0.657 bits per heavy atom. The number of methoxy groups -OCH3 is 1. The number of ether oxygens (including phenoxy) is 8. The van der Waals surface area contributed by atoms with Gasteiger partial charge in [0.15, 0.2) is 25.0 Å². The van der Waals surface area contributed by atoms with Gasteiger partial charge in [-0.3, -0.25) is 22.8 Å². The summed E-state index contributed by atoms with van der Waals surface area (Å²) in [7, 11) is -25.2. The Bertz CT molecular complexity index is 2480. The fraction of sp³-hybridized carbons (Fsp3) is 0.879. The van der Waals surface area contributed by atoms with Crippen LogP contribution in [0.15, 0.2) is 17.8 Å². The van der Waals surface area contributed by atoms with Gasteiger partial charge in [-0.1, -0.05) is 16.9 Å². The smallest absolute Gasteiger partial charge is 0.382 e. The van der Waals surface area contributed by atoms with Crippen LogP contribution in [0.4, 0.5) is 0 Å². The van der Waals surface area contributed by atoms with Gasteiger partial charge in [0.2, 0.25) is 0 Å². The topological polar surface area (TPSA) is 435 Å². The van der Waals surface area contributed by atoms with Crippen molar-refractivity contribution in [2.45, 2.75) is 159 Å². The normalized spacial score (nSPS) is 34.0. The molecule has 0 radical (unpaired) electrons. The van der Waals surface area contributed by atoms with E-state index >= 15 is 0 Å². The molecule has 6 N–H and O–H groups in total. The van der Waals surface area contributed by atoms with Crippen molar-refractivity contribution >= 4 is 52.0 Å². The largest absolute Gasteiger partial charge is 0.397 e. The Morgan fingerprint density at radius 2 is 1.21 bits per heavy atom. The first-order valence-corrected chi connectivity index (χ1v) is 27.7. The first kappa shape index (κ1) is 58.8. The van der Waals surface area contributed by atoms with E-state index in [0.717, 1.165) is 5.57 Å². The van der Waals surface area contributed by atoms with Gasteiger partial charge in [-0.25, -0.2) is 25.6 Å². The van der Waals surface area contributed by atoms with E-state index in [2.05, 4.69) is 15.6 Å². The quantitative estimate of drug-likeness (QED) is 0.0359. The van der Waals surface area contributed by atoms with Crippen LogP contribution >= 0.6 is 0 Å². The molecule has 4 heterocycles. The van der Waals surface area contributed by atoms with Crippen molar-refractivity contribution in [2.75, 3.05) is 26.9 Å². The van der Waals surface area contributed by atoms with Gasteiger partial charge in [0.25, 0.3) is 0 Å². The molecule has 0 spiro atoms. The predicted molar refractivity (Wildman–Crippen MR) is 225 cm³/mol. The zero-order chi connectivity index (χ0) is 52.0. The fourth-order valence-corrected chi connectivity index (χ4v) is 10.3. The summed E-state index contributed by atoms with van der Waals surface area (Å²) in [6, 6.07) is -1.75. The molecule has 0 saturated carbocycles. The van der Waals surface area contributed by atoms with Gasteiger partial charge in [0.1, 0.15) is 30.1 Å². The minimum atomic E-state index is -5.59. The first-order chi connectivity index (χ1) is 32.3. The van der Waals surface area contributed by atoms with Crippen molar-refractivity contribution in [3.63, 3.8) is 0 Å². The fourth-order valence-electron chi connectivity index (χ4n) is 7.87. The van der Waals surface area contributed by atoms with E-state index in [1.165, 1.54) is 38.8 Å². The van der Waals surface area contributed by atoms with E-state index in [1.807, 2.05) is 0 Å². The van der Waals surface area contributed by atoms with Crippen molar-refractivity contribution in [2.24, 2.45) is 0 Å². The second-order valence-electron chi connectivity index (χ2n) is 16.3. The summed E-state index contributed by atoms with van der Waals surface area (Å²) in [4.78, 5) is 0. The number of hydrogen-bond donors (Lipinski definition) is 6. The van der Waals surface area contributed by atoms with Crippen molar-refractivity contribution in [1.82, 2.24) is 20.3 Å². The summed E-state index contributed by atoms with van der Waals surface area (Å²) in [6.07, 6.45) is -19.7. The average Bonchev–Trinajstić information content (AvgIpc) is 3.66. The minimum absolute atomic E-state index is 0.116. The number of rotatable bonds is 25. The van der Waals surface area contributed by atoms with Gasteiger partial charge >= 0.3 is 52.0 Å². The summed E-state index contributed by atoms with van der Waals surface area (Å²) in [6.45, 7) is 6.36. The van der Waals surface area contributed by atoms with E-state index in [9.17, 15) is 64.9 Å². The second-order valence-corrected chi connectivity index (χ2v) is 21.5. The summed E-state index contributed by atoms with van der Waals surface area (Å²) in [5, 5.41) is 10.9. The lowest BCUT2D eigenvalue weighted by atomic mass is 9.91. The molecule has 1 unspecified atom stereocenters. The third kappa shape index (κ3) is 19.0. The number of aromatic nitrogens is 3. The summed E-state index contributed by atoms with van der Waals surface area (Å²) in [5.74, 6) is 0. The minimum Gasteiger partial charge on any atom is -0.382 e. The number of nitrogens with zero attached hydrogens (tertiary/aromatic N) is 3. The molecule has 1 aromatic rings. The highest BCUT2D eigenvalue weighted by Crippen LogP contribution is 2.37. The van der Waals surface area contributed by atoms with E-state index in [-0.39, 0.29) is 31.7 Å². The third-order valence-electron chi connectivity index (χ3n) is 10.8. The Morgan fingerprint density at radius 3 is 1.83 bits per heavy atom. The molecule has 0 amide bonds. The molecular formula is C33H56N4O28S5. The van der Waals surface area contributed by atoms with Gasteiger partial charge in [0.05, 0.1) is 75.7 Å². The maximum Gasteiger partial charge on any atom is 0.397 e. The summed E-state index contributed by atoms with van der Waals surface area (Å²) < 4.78 is 240. The maximum atomic E-state index is 12.2. The molecule has 1 aliphatic carbocycles. The van der Waals surface area contributed by atoms with E-state index in [4.69, 9.17) is 58.8 Å². The van der Waals surface area contributed by atoms with Gasteiger partial charge in [-0.2, -0.15) is 42.1 Å². The van der Waals surface area contributed by atoms with Crippen molar-refractivity contribution in [3.8, 4) is 0 Å². The molecule has 5 rings (SSSR count). The maximum absolute atomic E-state index is 12.2. The highest BCUT2D eigenvalue weighted by atomic mass is 32.3. The molecule has 37 heteroatoms. The van der Waals surface area contributed by atoms with Crippen LogP contribution in [0, 0.1) is 0 Å². The SMILES string of the molecule is COCCOCCn1cc(CO[C@@H]2OC(C)[C@@H](O[C@H]3O[C@H](C)[C@@H](O[C@H]4O[C@H](C)[C@@H](N[C@H]5C=C(C)CC[C@H]5OS(=O)(=O)O)C[C@H]4OS(=O)(=O)O)C[C@H]3OS(=O)(=O)O)[C@H](OS(=O)(=O)O)[C@H]2OS(=O)(=O)O)nn1. The highest BCUT2D eigenvalue weighted by Gasteiger charge is 2.54. The van der Waals surface area contributed by atoms with Crippen molar-refractivity contribution in [3.05, 3.63) is 23.5 Å². The molecular weight excluding hydrogens is 1060 g/mol. The van der Waals surface area contributed by atoms with Crippen LogP contribution in [0.1, 0.15) is 59.1 Å². The Hall–Kier alpha value is -2.13. The zero-order valence-corrected chi connectivity index (χ0v) is 41.8. The van der Waals surface area contributed by atoms with Crippen LogP contribution < -0.4 is 5.32 Å². The number of hydrogen-bond acceptors (Lipinski definition) is 26. The van der Waals surface area contributed by atoms with Gasteiger partial charge in [-0.15, -0.1) is 5.10 Å². The molecule has 32 nitrogen and oxygen atoms in total. The molecule has 4 aliphatic rings. The van der Waals surface area contributed by atoms with Crippen LogP contribution in [0.2, 0.25) is 0 Å². The monoisotopic (exact) mass is 1120 g/mol. The Balaban J connectivity index is 1.35. The summed E-state index contributed by atoms with van der Waals surface area (Å²) >= 11 is 0. The van der Waals surface area contributed by atoms with Crippen LogP contribution in [-0.4, -0.2) is 199 Å². The van der Waals surface area contributed by atoms with Gasteiger partial charge in [-0.05, 0) is 47.0 Å². The molecule has 15 atom stereocenters. The van der Waals surface area contributed by atoms with E-state index in [0.29, 0.717) is 19.6 Å². The van der Waals surface area contributed by atoms with Gasteiger partial charge in [0, 0.05) is 19.6 Å². The lowest BCUT2D eigenvalue weighted by Gasteiger charge is -2.47. The van der Waals surface area contributed by atoms with Crippen molar-refractivity contribution in [1.29, 1.82) is 0 Å². The van der Waals surface area contributed by atoms with Gasteiger partial charge < -0.3 is 43.2 Å². The summed E-state index contributed by atoms with van der Waals surface area (Å²) in [5.41, 5.74) is 0.937. The number of nitrogens with one attached hydrogen (secondary N) is 1. The van der Waals surface area contributed by atoms with Crippen molar-refractivity contribution < 1.29 is 124 Å². The Kier molecular flexibility index (Phi) is 20.5. The van der Waals surface area contributed by atoms with Crippen LogP contribution in [0.5, 0.6) is 0 Å². The molecule has 70 heavy (non-hydrogen) atoms. The first-order valence-electron chi connectivity index (χ1n) is 20.9. The van der Waals surface area contributed by atoms with Crippen LogP contribution in [0.25, 0.3) is 0 Å². The molecule has 3 fully saturated rings. The molecule has 3 saturated heterocycles. The van der Waals surface area contributed by atoms with Crippen LogP contribution in [-0.2, 0) is 124 Å². The zero-order valence-electron chi connectivity index (χ0n) is 37.7. The second kappa shape index (κ2) is 24.5. The molecule has 3 aliphatic heterocycles.